The quantitative estimate of drug-likeness (QED) is 0.724. The Labute approximate surface area is 123 Å². The van der Waals surface area contributed by atoms with Gasteiger partial charge < -0.3 is 5.73 Å². The van der Waals surface area contributed by atoms with E-state index >= 15 is 0 Å². The van der Waals surface area contributed by atoms with Crippen molar-refractivity contribution in [1.82, 2.24) is 4.98 Å². The summed E-state index contributed by atoms with van der Waals surface area (Å²) in [5.74, 6) is 0. The summed E-state index contributed by atoms with van der Waals surface area (Å²) in [6, 6.07) is 18.4. The third-order valence-corrected chi connectivity index (χ3v) is 3.51. The second-order valence-electron chi connectivity index (χ2n) is 4.81. The Balaban J connectivity index is 2.29. The van der Waals surface area contributed by atoms with Crippen LogP contribution < -0.4 is 5.73 Å². The third kappa shape index (κ3) is 2.28. The van der Waals surface area contributed by atoms with Gasteiger partial charge in [-0.15, -0.1) is 0 Å². The van der Waals surface area contributed by atoms with Gasteiger partial charge in [-0.25, -0.2) is 4.98 Å². The van der Waals surface area contributed by atoms with Crippen LogP contribution in [0.4, 0.5) is 0 Å². The molecule has 0 aliphatic rings. The topological polar surface area (TPSA) is 38.9 Å². The molecule has 2 N–H and O–H groups in total. The highest BCUT2D eigenvalue weighted by atomic mass is 32.1. The smallest absolute Gasteiger partial charge is 0.123 e. The van der Waals surface area contributed by atoms with Crippen molar-refractivity contribution in [2.24, 2.45) is 5.73 Å². The Bertz CT molecular complexity index is 792. The number of pyridine rings is 1. The highest BCUT2D eigenvalue weighted by Crippen LogP contribution is 2.27. The van der Waals surface area contributed by atoms with Gasteiger partial charge in [0.2, 0.25) is 0 Å². The molecule has 2 aromatic carbocycles. The minimum atomic E-state index is 0.325. The van der Waals surface area contributed by atoms with Gasteiger partial charge in [0.05, 0.1) is 5.52 Å². The minimum Gasteiger partial charge on any atom is -0.388 e. The summed E-state index contributed by atoms with van der Waals surface area (Å²) in [6.07, 6.45) is 0. The van der Waals surface area contributed by atoms with Crippen LogP contribution >= 0.6 is 12.2 Å². The molecule has 3 aromatic rings. The summed E-state index contributed by atoms with van der Waals surface area (Å²) in [7, 11) is 0. The van der Waals surface area contributed by atoms with E-state index in [0.29, 0.717) is 10.7 Å². The van der Waals surface area contributed by atoms with Gasteiger partial charge in [-0.2, -0.15) is 0 Å². The van der Waals surface area contributed by atoms with E-state index in [-0.39, 0.29) is 0 Å². The first-order chi connectivity index (χ1) is 9.65. The van der Waals surface area contributed by atoms with Crippen LogP contribution in [0.3, 0.4) is 0 Å². The average molecular weight is 278 g/mol. The second kappa shape index (κ2) is 5.02. The molecular formula is C17H14N2S. The summed E-state index contributed by atoms with van der Waals surface area (Å²) >= 11 is 5.15. The highest BCUT2D eigenvalue weighted by molar-refractivity contribution is 7.80. The number of thiocarbonyl (C=S) groups is 1. The van der Waals surface area contributed by atoms with Crippen LogP contribution in [0.15, 0.2) is 54.6 Å². The van der Waals surface area contributed by atoms with Crippen LogP contribution in [0.25, 0.3) is 22.0 Å². The van der Waals surface area contributed by atoms with Crippen LogP contribution in [0.1, 0.15) is 11.3 Å². The van der Waals surface area contributed by atoms with E-state index in [0.717, 1.165) is 22.0 Å². The molecule has 0 atom stereocenters. The third-order valence-electron chi connectivity index (χ3n) is 3.32. The predicted octanol–water partition coefficient (Wildman–Crippen LogP) is 3.84. The molecule has 0 spiro atoms. The van der Waals surface area contributed by atoms with Crippen molar-refractivity contribution in [2.75, 3.05) is 0 Å². The molecular weight excluding hydrogens is 264 g/mol. The lowest BCUT2D eigenvalue weighted by Crippen LogP contribution is -2.13. The summed E-state index contributed by atoms with van der Waals surface area (Å²) in [5, 5.41) is 1.09. The molecule has 0 aliphatic carbocycles. The van der Waals surface area contributed by atoms with Gasteiger partial charge in [0, 0.05) is 10.9 Å². The minimum absolute atomic E-state index is 0.325. The maximum absolute atomic E-state index is 5.84. The van der Waals surface area contributed by atoms with E-state index in [1.807, 2.05) is 24.3 Å². The molecule has 0 unspecified atom stereocenters. The summed E-state index contributed by atoms with van der Waals surface area (Å²) in [5.41, 5.74) is 10.7. The first-order valence-corrected chi connectivity index (χ1v) is 6.82. The zero-order chi connectivity index (χ0) is 14.1. The van der Waals surface area contributed by atoms with Crippen molar-refractivity contribution in [3.63, 3.8) is 0 Å². The Hall–Kier alpha value is -2.26. The Morgan fingerprint density at radius 1 is 1.05 bits per heavy atom. The Morgan fingerprint density at radius 3 is 2.45 bits per heavy atom. The highest BCUT2D eigenvalue weighted by Gasteiger charge is 2.11. The first-order valence-electron chi connectivity index (χ1n) is 6.42. The fourth-order valence-electron chi connectivity index (χ4n) is 2.26. The first kappa shape index (κ1) is 12.8. The average Bonchev–Trinajstić information content (AvgIpc) is 2.46. The fourth-order valence-corrected chi connectivity index (χ4v) is 2.41. The number of hydrogen-bond donors (Lipinski definition) is 1. The number of nitrogens with two attached hydrogens (primary N) is 1. The van der Waals surface area contributed by atoms with Crippen LogP contribution in [-0.2, 0) is 0 Å². The van der Waals surface area contributed by atoms with Crippen molar-refractivity contribution in [3.8, 4) is 11.1 Å². The van der Waals surface area contributed by atoms with Crippen molar-refractivity contribution in [3.05, 3.63) is 65.9 Å². The van der Waals surface area contributed by atoms with Gasteiger partial charge in [-0.05, 0) is 24.6 Å². The van der Waals surface area contributed by atoms with Crippen LogP contribution in [0.5, 0.6) is 0 Å². The van der Waals surface area contributed by atoms with Gasteiger partial charge in [0.1, 0.15) is 10.7 Å². The standard InChI is InChI=1S/C17H14N2S/c1-11-6-8-12(9-7-11)14-10-13-4-2-3-5-15(13)19-16(14)17(18)20/h2-10H,1H3,(H2,18,20). The summed E-state index contributed by atoms with van der Waals surface area (Å²) in [6.45, 7) is 2.07. The van der Waals surface area contributed by atoms with E-state index in [2.05, 4.69) is 42.2 Å². The number of para-hydroxylation sites is 1. The Morgan fingerprint density at radius 2 is 1.75 bits per heavy atom. The lowest BCUT2D eigenvalue weighted by atomic mass is 10.0. The molecule has 2 nitrogen and oxygen atoms in total. The van der Waals surface area contributed by atoms with Crippen molar-refractivity contribution in [1.29, 1.82) is 0 Å². The number of nitrogens with zero attached hydrogens (tertiary/aromatic N) is 1. The molecule has 1 heterocycles. The van der Waals surface area contributed by atoms with E-state index in [1.165, 1.54) is 5.56 Å². The normalized spacial score (nSPS) is 10.7. The Kier molecular flexibility index (Phi) is 3.20. The number of benzene rings is 2. The molecule has 20 heavy (non-hydrogen) atoms. The largest absolute Gasteiger partial charge is 0.388 e. The SMILES string of the molecule is Cc1ccc(-c2cc3ccccc3nc2C(N)=S)cc1. The molecule has 3 heteroatoms. The fraction of sp³-hybridized carbons (Fsp3) is 0.0588. The van der Waals surface area contributed by atoms with Crippen LogP contribution in [-0.4, -0.2) is 9.97 Å². The number of fused-ring (bicyclic) bond motifs is 1. The molecule has 0 amide bonds. The molecule has 98 valence electrons. The lowest BCUT2D eigenvalue weighted by molar-refractivity contribution is 1.36. The zero-order valence-corrected chi connectivity index (χ0v) is 11.9. The molecule has 0 radical (unpaired) electrons. The van der Waals surface area contributed by atoms with Crippen molar-refractivity contribution < 1.29 is 0 Å². The molecule has 0 bridgehead atoms. The van der Waals surface area contributed by atoms with Crippen molar-refractivity contribution >= 4 is 28.1 Å². The van der Waals surface area contributed by atoms with Gasteiger partial charge in [0.25, 0.3) is 0 Å². The number of hydrogen-bond acceptors (Lipinski definition) is 2. The van der Waals surface area contributed by atoms with Crippen LogP contribution in [0, 0.1) is 6.92 Å². The van der Waals surface area contributed by atoms with Gasteiger partial charge in [-0.3, -0.25) is 0 Å². The van der Waals surface area contributed by atoms with E-state index in [1.54, 1.807) is 0 Å². The second-order valence-corrected chi connectivity index (χ2v) is 5.25. The van der Waals surface area contributed by atoms with Crippen molar-refractivity contribution in [2.45, 2.75) is 6.92 Å². The molecule has 3 rings (SSSR count). The predicted molar refractivity (Wildman–Crippen MR) is 87.8 cm³/mol. The molecule has 1 aromatic heterocycles. The molecule has 0 saturated carbocycles. The maximum Gasteiger partial charge on any atom is 0.123 e. The van der Waals surface area contributed by atoms with Gasteiger partial charge >= 0.3 is 0 Å². The van der Waals surface area contributed by atoms with Gasteiger partial charge in [0.15, 0.2) is 0 Å². The number of aryl methyl sites for hydroxylation is 1. The maximum atomic E-state index is 5.84. The van der Waals surface area contributed by atoms with E-state index in [4.69, 9.17) is 18.0 Å². The summed E-state index contributed by atoms with van der Waals surface area (Å²) in [4.78, 5) is 4.93. The summed E-state index contributed by atoms with van der Waals surface area (Å²) < 4.78 is 0. The number of rotatable bonds is 2. The van der Waals surface area contributed by atoms with Gasteiger partial charge in [-0.1, -0.05) is 60.2 Å². The number of aromatic nitrogens is 1. The lowest BCUT2D eigenvalue weighted by Gasteiger charge is -2.10. The van der Waals surface area contributed by atoms with Crippen LogP contribution in [0.2, 0.25) is 0 Å². The molecule has 0 saturated heterocycles. The monoisotopic (exact) mass is 278 g/mol. The molecule has 0 fully saturated rings. The molecule has 0 aliphatic heterocycles. The van der Waals surface area contributed by atoms with E-state index < -0.39 is 0 Å². The zero-order valence-electron chi connectivity index (χ0n) is 11.1. The van der Waals surface area contributed by atoms with E-state index in [9.17, 15) is 0 Å².